The summed E-state index contributed by atoms with van der Waals surface area (Å²) >= 11 is 0. The minimum Gasteiger partial charge on any atom is -0.495 e. The number of hydrogen-bond donors (Lipinski definition) is 3. The van der Waals surface area contributed by atoms with Crippen LogP contribution in [0.25, 0.3) is 0 Å². The van der Waals surface area contributed by atoms with Crippen molar-refractivity contribution < 1.29 is 27.4 Å². The quantitative estimate of drug-likeness (QED) is 0.499. The molecule has 1 heterocycles. The SMILES string of the molecule is COc1cc(CC(N)C(=O)OC(C)(C)C)ccc1Nc1ncc(C(F)(F)F)c(NC2CC2)n1. The number of aromatic nitrogens is 2. The predicted octanol–water partition coefficient (Wildman–Crippen LogP) is 4.03. The van der Waals surface area contributed by atoms with Crippen LogP contribution in [0.15, 0.2) is 24.4 Å². The topological polar surface area (TPSA) is 111 Å². The number of nitrogens with two attached hydrogens (primary N) is 1. The fraction of sp³-hybridized carbons (Fsp3) is 0.500. The normalized spacial score (nSPS) is 15.0. The van der Waals surface area contributed by atoms with Gasteiger partial charge in [0.2, 0.25) is 5.95 Å². The molecule has 3 rings (SSSR count). The van der Waals surface area contributed by atoms with Crippen LogP contribution in [0, 0.1) is 0 Å². The molecule has 0 aliphatic heterocycles. The van der Waals surface area contributed by atoms with Crippen molar-refractivity contribution in [3.63, 3.8) is 0 Å². The first-order valence-corrected chi connectivity index (χ1v) is 10.5. The Labute approximate surface area is 190 Å². The third-order valence-electron chi connectivity index (χ3n) is 4.69. The number of carbonyl (C=O) groups excluding carboxylic acids is 1. The molecule has 1 aromatic heterocycles. The highest BCUT2D eigenvalue weighted by molar-refractivity contribution is 5.76. The second-order valence-corrected chi connectivity index (χ2v) is 8.88. The minimum atomic E-state index is -4.57. The van der Waals surface area contributed by atoms with E-state index in [4.69, 9.17) is 15.2 Å². The van der Waals surface area contributed by atoms with Crippen LogP contribution in [-0.4, -0.2) is 40.7 Å². The molecule has 0 spiro atoms. The summed E-state index contributed by atoms with van der Waals surface area (Å²) in [6.45, 7) is 5.28. The number of benzene rings is 1. The second-order valence-electron chi connectivity index (χ2n) is 8.88. The molecule has 1 aliphatic carbocycles. The summed E-state index contributed by atoms with van der Waals surface area (Å²) in [5.74, 6) is -0.398. The summed E-state index contributed by atoms with van der Waals surface area (Å²) in [6.07, 6.45) is -2.00. The van der Waals surface area contributed by atoms with Crippen LogP contribution in [0.2, 0.25) is 0 Å². The average Bonchev–Trinajstić information content (AvgIpc) is 3.51. The zero-order chi connectivity index (χ0) is 24.4. The number of rotatable bonds is 8. The number of alkyl halides is 3. The molecular weight excluding hydrogens is 439 g/mol. The number of halogens is 3. The number of esters is 1. The molecule has 33 heavy (non-hydrogen) atoms. The van der Waals surface area contributed by atoms with E-state index in [1.54, 1.807) is 39.0 Å². The van der Waals surface area contributed by atoms with Crippen LogP contribution in [0.5, 0.6) is 5.75 Å². The van der Waals surface area contributed by atoms with Gasteiger partial charge in [0.1, 0.15) is 28.8 Å². The molecule has 0 amide bonds. The van der Waals surface area contributed by atoms with Gasteiger partial charge in [0, 0.05) is 12.2 Å². The number of nitrogens with zero attached hydrogens (tertiary/aromatic N) is 2. The van der Waals surface area contributed by atoms with Gasteiger partial charge in [-0.1, -0.05) is 6.07 Å². The van der Waals surface area contributed by atoms with E-state index >= 15 is 0 Å². The van der Waals surface area contributed by atoms with Crippen LogP contribution in [-0.2, 0) is 22.1 Å². The third-order valence-corrected chi connectivity index (χ3v) is 4.69. The summed E-state index contributed by atoms with van der Waals surface area (Å²) < 4.78 is 50.6. The van der Waals surface area contributed by atoms with E-state index in [0.717, 1.165) is 24.6 Å². The highest BCUT2D eigenvalue weighted by Crippen LogP contribution is 2.37. The molecule has 1 unspecified atom stereocenters. The van der Waals surface area contributed by atoms with Crippen molar-refractivity contribution in [2.75, 3.05) is 17.7 Å². The zero-order valence-corrected chi connectivity index (χ0v) is 18.9. The van der Waals surface area contributed by atoms with Gasteiger partial charge in [-0.05, 0) is 57.7 Å². The Hall–Kier alpha value is -3.08. The third kappa shape index (κ3) is 6.95. The van der Waals surface area contributed by atoms with Crippen molar-refractivity contribution in [3.8, 4) is 5.75 Å². The number of hydrogen-bond acceptors (Lipinski definition) is 8. The first-order valence-electron chi connectivity index (χ1n) is 10.5. The Morgan fingerprint density at radius 1 is 1.27 bits per heavy atom. The van der Waals surface area contributed by atoms with E-state index in [1.807, 2.05) is 0 Å². The summed E-state index contributed by atoms with van der Waals surface area (Å²) in [5, 5.41) is 5.70. The molecule has 2 aromatic rings. The van der Waals surface area contributed by atoms with Crippen molar-refractivity contribution in [1.29, 1.82) is 0 Å². The van der Waals surface area contributed by atoms with E-state index in [9.17, 15) is 18.0 Å². The highest BCUT2D eigenvalue weighted by atomic mass is 19.4. The van der Waals surface area contributed by atoms with Crippen molar-refractivity contribution in [2.45, 2.75) is 63.9 Å². The van der Waals surface area contributed by atoms with Gasteiger partial charge in [0.15, 0.2) is 0 Å². The first-order chi connectivity index (χ1) is 15.4. The zero-order valence-electron chi connectivity index (χ0n) is 18.9. The number of methoxy groups -OCH3 is 1. The molecule has 11 heteroatoms. The monoisotopic (exact) mass is 467 g/mol. The van der Waals surface area contributed by atoms with Gasteiger partial charge < -0.3 is 25.8 Å². The molecule has 1 aliphatic rings. The Balaban J connectivity index is 1.77. The number of carbonyl (C=O) groups is 1. The van der Waals surface area contributed by atoms with Gasteiger partial charge >= 0.3 is 12.1 Å². The Morgan fingerprint density at radius 3 is 2.55 bits per heavy atom. The molecule has 4 N–H and O–H groups in total. The first kappa shape index (κ1) is 24.6. The fourth-order valence-corrected chi connectivity index (χ4v) is 2.98. The molecule has 1 aromatic carbocycles. The van der Waals surface area contributed by atoms with Crippen LogP contribution < -0.4 is 21.1 Å². The van der Waals surface area contributed by atoms with E-state index in [1.165, 1.54) is 7.11 Å². The molecule has 180 valence electrons. The maximum atomic E-state index is 13.3. The van der Waals surface area contributed by atoms with Crippen LogP contribution in [0.3, 0.4) is 0 Å². The molecule has 8 nitrogen and oxygen atoms in total. The van der Waals surface area contributed by atoms with Gasteiger partial charge in [-0.3, -0.25) is 4.79 Å². The smallest absolute Gasteiger partial charge is 0.421 e. The van der Waals surface area contributed by atoms with Gasteiger partial charge in [0.25, 0.3) is 0 Å². The summed E-state index contributed by atoms with van der Waals surface area (Å²) in [5.41, 5.74) is 5.58. The molecule has 1 fully saturated rings. The standard InChI is InChI=1S/C22H28F3N5O3/c1-21(2,3)33-19(31)15(26)9-12-5-8-16(17(10-12)32-4)29-20-27-11-14(22(23,24)25)18(30-20)28-13-6-7-13/h5,8,10-11,13,15H,6-7,9,26H2,1-4H3,(H2,27,28,29,30). The second kappa shape index (κ2) is 9.42. The van der Waals surface area contributed by atoms with E-state index in [0.29, 0.717) is 11.4 Å². The molecule has 1 saturated carbocycles. The van der Waals surface area contributed by atoms with Crippen molar-refractivity contribution in [2.24, 2.45) is 5.73 Å². The molecule has 0 radical (unpaired) electrons. The van der Waals surface area contributed by atoms with Crippen molar-refractivity contribution in [1.82, 2.24) is 9.97 Å². The lowest BCUT2D eigenvalue weighted by Crippen LogP contribution is -2.38. The molecule has 0 saturated heterocycles. The van der Waals surface area contributed by atoms with Crippen LogP contribution in [0.1, 0.15) is 44.7 Å². The van der Waals surface area contributed by atoms with E-state index in [2.05, 4.69) is 20.6 Å². The largest absolute Gasteiger partial charge is 0.495 e. The number of ether oxygens (including phenoxy) is 2. The maximum absolute atomic E-state index is 13.3. The van der Waals surface area contributed by atoms with Crippen LogP contribution in [0.4, 0.5) is 30.6 Å². The van der Waals surface area contributed by atoms with Gasteiger partial charge in [-0.2, -0.15) is 18.2 Å². The van der Waals surface area contributed by atoms with E-state index in [-0.39, 0.29) is 24.2 Å². The predicted molar refractivity (Wildman–Crippen MR) is 117 cm³/mol. The van der Waals surface area contributed by atoms with Crippen molar-refractivity contribution >= 4 is 23.4 Å². The lowest BCUT2D eigenvalue weighted by molar-refractivity contribution is -0.156. The molecular formula is C22H28F3N5O3. The van der Waals surface area contributed by atoms with E-state index < -0.39 is 29.4 Å². The summed E-state index contributed by atoms with van der Waals surface area (Å²) in [4.78, 5) is 20.0. The van der Waals surface area contributed by atoms with Gasteiger partial charge in [-0.15, -0.1) is 0 Å². The Bertz CT molecular complexity index is 1000. The number of nitrogens with one attached hydrogen (secondary N) is 2. The van der Waals surface area contributed by atoms with Gasteiger partial charge in [-0.25, -0.2) is 4.98 Å². The summed E-state index contributed by atoms with van der Waals surface area (Å²) in [7, 11) is 1.45. The lowest BCUT2D eigenvalue weighted by atomic mass is 10.1. The highest BCUT2D eigenvalue weighted by Gasteiger charge is 2.37. The van der Waals surface area contributed by atoms with Crippen molar-refractivity contribution in [3.05, 3.63) is 35.5 Å². The fourth-order valence-electron chi connectivity index (χ4n) is 2.98. The Morgan fingerprint density at radius 2 is 1.97 bits per heavy atom. The van der Waals surface area contributed by atoms with Gasteiger partial charge in [0.05, 0.1) is 12.8 Å². The maximum Gasteiger partial charge on any atom is 0.421 e. The minimum absolute atomic E-state index is 0.0114. The average molecular weight is 467 g/mol. The molecule has 1 atom stereocenters. The number of anilines is 3. The van der Waals surface area contributed by atoms with Crippen LogP contribution >= 0.6 is 0 Å². The summed E-state index contributed by atoms with van der Waals surface area (Å²) in [6, 6.07) is 4.19. The lowest BCUT2D eigenvalue weighted by Gasteiger charge is -2.22. The molecule has 0 bridgehead atoms. The Kier molecular flexibility index (Phi) is 7.01.